The van der Waals surface area contributed by atoms with Crippen molar-refractivity contribution in [1.82, 2.24) is 4.90 Å². The van der Waals surface area contributed by atoms with Crippen LogP contribution < -0.4 is 0 Å². The third-order valence-corrected chi connectivity index (χ3v) is 4.54. The molecule has 2 rings (SSSR count). The van der Waals surface area contributed by atoms with Crippen molar-refractivity contribution in [3.63, 3.8) is 0 Å². The molecule has 0 unspecified atom stereocenters. The van der Waals surface area contributed by atoms with Crippen molar-refractivity contribution in [1.29, 1.82) is 0 Å². The average molecular weight is 408 g/mol. The molecule has 0 N–H and O–H groups in total. The van der Waals surface area contributed by atoms with E-state index < -0.39 is 0 Å². The molecule has 1 amide bonds. The van der Waals surface area contributed by atoms with Gasteiger partial charge in [-0.2, -0.15) is 0 Å². The van der Waals surface area contributed by atoms with E-state index in [1.165, 1.54) is 6.42 Å². The van der Waals surface area contributed by atoms with Gasteiger partial charge in [0.05, 0.1) is 5.56 Å². The lowest BCUT2D eigenvalue weighted by atomic mass is 9.99. The van der Waals surface area contributed by atoms with Crippen LogP contribution in [0.15, 0.2) is 22.7 Å². The van der Waals surface area contributed by atoms with E-state index in [0.29, 0.717) is 5.92 Å². The van der Waals surface area contributed by atoms with E-state index in [1.54, 1.807) is 0 Å². The molecule has 1 saturated heterocycles. The van der Waals surface area contributed by atoms with E-state index >= 15 is 0 Å². The van der Waals surface area contributed by atoms with Gasteiger partial charge >= 0.3 is 0 Å². The second kappa shape index (κ2) is 5.69. The van der Waals surface area contributed by atoms with Crippen LogP contribution in [0, 0.1) is 9.49 Å². The molecule has 1 aliphatic heterocycles. The zero-order chi connectivity index (χ0) is 12.4. The van der Waals surface area contributed by atoms with Gasteiger partial charge < -0.3 is 4.90 Å². The molecule has 1 fully saturated rings. The first kappa shape index (κ1) is 13.3. The van der Waals surface area contributed by atoms with Gasteiger partial charge in [0.25, 0.3) is 5.91 Å². The zero-order valence-corrected chi connectivity index (χ0v) is 13.5. The lowest BCUT2D eigenvalue weighted by Gasteiger charge is -2.31. The minimum atomic E-state index is 0.169. The first-order chi connectivity index (χ1) is 8.08. The Kier molecular flexibility index (Phi) is 4.47. The maximum Gasteiger partial charge on any atom is 0.254 e. The van der Waals surface area contributed by atoms with Gasteiger partial charge in [0.2, 0.25) is 0 Å². The second-order valence-electron chi connectivity index (χ2n) is 4.62. The van der Waals surface area contributed by atoms with Gasteiger partial charge in [0.15, 0.2) is 0 Å². The molecule has 0 spiro atoms. The molecule has 0 aromatic heterocycles. The second-order valence-corrected chi connectivity index (χ2v) is 6.70. The molecule has 0 radical (unpaired) electrons. The summed E-state index contributed by atoms with van der Waals surface area (Å²) in [7, 11) is 0. The molecule has 1 aromatic carbocycles. The van der Waals surface area contributed by atoms with Crippen molar-refractivity contribution in [2.45, 2.75) is 19.8 Å². The van der Waals surface area contributed by atoms with Crippen molar-refractivity contribution < 1.29 is 4.79 Å². The molecule has 4 heteroatoms. The van der Waals surface area contributed by atoms with Gasteiger partial charge in [0, 0.05) is 21.1 Å². The Bertz CT molecular complexity index is 435. The Balaban J connectivity index is 2.21. The highest BCUT2D eigenvalue weighted by Gasteiger charge is 2.23. The lowest BCUT2D eigenvalue weighted by molar-refractivity contribution is 0.0682. The highest BCUT2D eigenvalue weighted by Crippen LogP contribution is 2.23. The van der Waals surface area contributed by atoms with Crippen molar-refractivity contribution in [2.24, 2.45) is 5.92 Å². The van der Waals surface area contributed by atoms with Crippen LogP contribution in [0.2, 0.25) is 0 Å². The SMILES string of the molecule is C[C@@H]1CCCN(C(=O)c2cc(Br)ccc2I)C1. The number of benzene rings is 1. The first-order valence-electron chi connectivity index (χ1n) is 5.82. The molecule has 2 nitrogen and oxygen atoms in total. The Morgan fingerprint density at radius 3 is 3.00 bits per heavy atom. The molecular formula is C13H15BrINO. The third kappa shape index (κ3) is 3.22. The highest BCUT2D eigenvalue weighted by molar-refractivity contribution is 14.1. The first-order valence-corrected chi connectivity index (χ1v) is 7.69. The monoisotopic (exact) mass is 407 g/mol. The number of hydrogen-bond donors (Lipinski definition) is 0. The van der Waals surface area contributed by atoms with E-state index in [2.05, 4.69) is 45.4 Å². The minimum Gasteiger partial charge on any atom is -0.338 e. The van der Waals surface area contributed by atoms with Gasteiger partial charge in [-0.05, 0) is 59.5 Å². The van der Waals surface area contributed by atoms with Crippen LogP contribution in [-0.2, 0) is 0 Å². The molecule has 1 aromatic rings. The molecule has 1 atom stereocenters. The van der Waals surface area contributed by atoms with Gasteiger partial charge in [-0.15, -0.1) is 0 Å². The average Bonchev–Trinajstić information content (AvgIpc) is 2.31. The van der Waals surface area contributed by atoms with Crippen LogP contribution in [0.4, 0.5) is 0 Å². The van der Waals surface area contributed by atoms with E-state index in [-0.39, 0.29) is 5.91 Å². The summed E-state index contributed by atoms with van der Waals surface area (Å²) in [5.74, 6) is 0.791. The normalized spacial score (nSPS) is 20.4. The van der Waals surface area contributed by atoms with Crippen LogP contribution in [0.25, 0.3) is 0 Å². The van der Waals surface area contributed by atoms with Crippen LogP contribution in [0.1, 0.15) is 30.1 Å². The summed E-state index contributed by atoms with van der Waals surface area (Å²) in [6.45, 7) is 4.00. The number of hydrogen-bond acceptors (Lipinski definition) is 1. The largest absolute Gasteiger partial charge is 0.338 e. The Hall–Kier alpha value is -0.100. The highest BCUT2D eigenvalue weighted by atomic mass is 127. The van der Waals surface area contributed by atoms with Crippen LogP contribution in [0.3, 0.4) is 0 Å². The van der Waals surface area contributed by atoms with E-state index in [1.807, 2.05) is 23.1 Å². The molecule has 0 aliphatic carbocycles. The summed E-state index contributed by atoms with van der Waals surface area (Å²) < 4.78 is 1.99. The maximum atomic E-state index is 12.4. The van der Waals surface area contributed by atoms with Gasteiger partial charge in [-0.3, -0.25) is 4.79 Å². The van der Waals surface area contributed by atoms with Crippen molar-refractivity contribution in [3.05, 3.63) is 31.8 Å². The summed E-state index contributed by atoms with van der Waals surface area (Å²) in [5, 5.41) is 0. The molecule has 17 heavy (non-hydrogen) atoms. The third-order valence-electron chi connectivity index (χ3n) is 3.10. The lowest BCUT2D eigenvalue weighted by Crippen LogP contribution is -2.39. The summed E-state index contributed by atoms with van der Waals surface area (Å²) in [6.07, 6.45) is 2.36. The molecular weight excluding hydrogens is 393 g/mol. The number of nitrogens with zero attached hydrogens (tertiary/aromatic N) is 1. The number of amides is 1. The van der Waals surface area contributed by atoms with Crippen LogP contribution in [-0.4, -0.2) is 23.9 Å². The molecule has 1 heterocycles. The van der Waals surface area contributed by atoms with Crippen LogP contribution >= 0.6 is 38.5 Å². The van der Waals surface area contributed by atoms with E-state index in [9.17, 15) is 4.79 Å². The number of piperidine rings is 1. The fraction of sp³-hybridized carbons (Fsp3) is 0.462. The molecule has 92 valence electrons. The predicted molar refractivity (Wildman–Crippen MR) is 81.2 cm³/mol. The summed E-state index contributed by atoms with van der Waals surface area (Å²) in [6, 6.07) is 5.87. The molecule has 1 aliphatic rings. The topological polar surface area (TPSA) is 20.3 Å². The van der Waals surface area contributed by atoms with Crippen LogP contribution in [0.5, 0.6) is 0 Å². The summed E-state index contributed by atoms with van der Waals surface area (Å²) >= 11 is 5.65. The Labute approximate surface area is 124 Å². The summed E-state index contributed by atoms with van der Waals surface area (Å²) in [5.41, 5.74) is 0.814. The van der Waals surface area contributed by atoms with Crippen molar-refractivity contribution in [3.8, 4) is 0 Å². The maximum absolute atomic E-state index is 12.4. The van der Waals surface area contributed by atoms with E-state index in [4.69, 9.17) is 0 Å². The molecule has 0 bridgehead atoms. The number of rotatable bonds is 1. The minimum absolute atomic E-state index is 0.169. The Morgan fingerprint density at radius 1 is 1.53 bits per heavy atom. The van der Waals surface area contributed by atoms with Crippen molar-refractivity contribution in [2.75, 3.05) is 13.1 Å². The quantitative estimate of drug-likeness (QED) is 0.646. The van der Waals surface area contributed by atoms with Crippen molar-refractivity contribution >= 4 is 44.4 Å². The van der Waals surface area contributed by atoms with Gasteiger partial charge in [-0.25, -0.2) is 0 Å². The number of halogens is 2. The van der Waals surface area contributed by atoms with Gasteiger partial charge in [0.1, 0.15) is 0 Å². The fourth-order valence-electron chi connectivity index (χ4n) is 2.21. The predicted octanol–water partition coefficient (Wildman–Crippen LogP) is 3.93. The van der Waals surface area contributed by atoms with E-state index in [0.717, 1.165) is 33.1 Å². The fourth-order valence-corrected chi connectivity index (χ4v) is 3.13. The number of likely N-dealkylation sites (tertiary alicyclic amines) is 1. The standard InChI is InChI=1S/C13H15BrINO/c1-9-3-2-6-16(8-9)13(17)11-7-10(14)4-5-12(11)15/h4-5,7,9H,2-3,6,8H2,1H3/t9-/m1/s1. The zero-order valence-electron chi connectivity index (χ0n) is 9.75. The van der Waals surface area contributed by atoms with Gasteiger partial charge in [-0.1, -0.05) is 22.9 Å². The molecule has 0 saturated carbocycles. The Morgan fingerprint density at radius 2 is 2.29 bits per heavy atom. The number of carbonyl (C=O) groups excluding carboxylic acids is 1. The summed E-state index contributed by atoms with van der Waals surface area (Å²) in [4.78, 5) is 14.4. The number of carbonyl (C=O) groups is 1. The smallest absolute Gasteiger partial charge is 0.254 e.